The first-order chi connectivity index (χ1) is 11.5. The Morgan fingerprint density at radius 2 is 2.17 bits per heavy atom. The Labute approximate surface area is 142 Å². The van der Waals surface area contributed by atoms with Crippen molar-refractivity contribution in [3.05, 3.63) is 23.9 Å². The van der Waals surface area contributed by atoms with Crippen LogP contribution in [0.3, 0.4) is 0 Å². The highest BCUT2D eigenvalue weighted by atomic mass is 32.2. The quantitative estimate of drug-likeness (QED) is 0.765. The molecule has 0 amide bonds. The third-order valence-electron chi connectivity index (χ3n) is 5.12. The number of fused-ring (bicyclic) bond motifs is 1. The number of aromatic nitrogens is 2. The van der Waals surface area contributed by atoms with Crippen molar-refractivity contribution in [2.45, 2.75) is 25.4 Å². The minimum absolute atomic E-state index is 0.00253. The van der Waals surface area contributed by atoms with Crippen LogP contribution in [0.15, 0.2) is 23.9 Å². The molecule has 3 aliphatic rings. The molecule has 0 radical (unpaired) electrons. The van der Waals surface area contributed by atoms with Crippen molar-refractivity contribution in [3.8, 4) is 0 Å². The van der Waals surface area contributed by atoms with Gasteiger partial charge in [0.25, 0.3) is 0 Å². The summed E-state index contributed by atoms with van der Waals surface area (Å²) in [6, 6.07) is 1.86. The SMILES string of the molecule is CC1=CCN(c2nccc(N3CCN[C@@H]4CS(=O)(=O)C[C@@H]43)n2)CC1. The lowest BCUT2D eigenvalue weighted by molar-refractivity contribution is 0.422. The summed E-state index contributed by atoms with van der Waals surface area (Å²) in [4.78, 5) is 13.5. The van der Waals surface area contributed by atoms with Crippen molar-refractivity contribution in [2.75, 3.05) is 47.5 Å². The Morgan fingerprint density at radius 3 is 2.96 bits per heavy atom. The zero-order valence-corrected chi connectivity index (χ0v) is 14.7. The lowest BCUT2D eigenvalue weighted by atomic mass is 10.1. The number of anilines is 2. The van der Waals surface area contributed by atoms with E-state index in [0.717, 1.165) is 44.4 Å². The van der Waals surface area contributed by atoms with E-state index in [0.29, 0.717) is 0 Å². The van der Waals surface area contributed by atoms with E-state index in [1.54, 1.807) is 6.20 Å². The lowest BCUT2D eigenvalue weighted by Crippen LogP contribution is -2.57. The van der Waals surface area contributed by atoms with Gasteiger partial charge in [0.1, 0.15) is 5.82 Å². The van der Waals surface area contributed by atoms with Gasteiger partial charge in [0.05, 0.1) is 17.5 Å². The zero-order valence-electron chi connectivity index (χ0n) is 13.9. The number of nitrogens with one attached hydrogen (secondary N) is 1. The summed E-state index contributed by atoms with van der Waals surface area (Å²) in [5.41, 5.74) is 1.41. The third kappa shape index (κ3) is 3.00. The van der Waals surface area contributed by atoms with Gasteiger partial charge in [-0.05, 0) is 19.4 Å². The summed E-state index contributed by atoms with van der Waals surface area (Å²) < 4.78 is 24.0. The molecule has 0 unspecified atom stereocenters. The molecule has 4 rings (SSSR count). The van der Waals surface area contributed by atoms with Crippen LogP contribution in [0.4, 0.5) is 11.8 Å². The van der Waals surface area contributed by atoms with E-state index >= 15 is 0 Å². The predicted molar refractivity (Wildman–Crippen MR) is 94.2 cm³/mol. The average Bonchev–Trinajstić information content (AvgIpc) is 2.89. The Hall–Kier alpha value is -1.67. The molecule has 0 bridgehead atoms. The molecular weight excluding hydrogens is 326 g/mol. The second kappa shape index (κ2) is 6.00. The minimum Gasteiger partial charge on any atom is -0.350 e. The highest BCUT2D eigenvalue weighted by Gasteiger charge is 2.43. The van der Waals surface area contributed by atoms with Crippen molar-refractivity contribution in [2.24, 2.45) is 0 Å². The summed E-state index contributed by atoms with van der Waals surface area (Å²) in [7, 11) is -2.97. The van der Waals surface area contributed by atoms with Crippen molar-refractivity contribution in [1.29, 1.82) is 0 Å². The Bertz CT molecular complexity index is 763. The lowest BCUT2D eigenvalue weighted by Gasteiger charge is -2.38. The summed E-state index contributed by atoms with van der Waals surface area (Å²) in [5, 5.41) is 3.34. The van der Waals surface area contributed by atoms with E-state index < -0.39 is 9.84 Å². The second-order valence-corrected chi connectivity index (χ2v) is 9.01. The van der Waals surface area contributed by atoms with Crippen molar-refractivity contribution >= 4 is 21.6 Å². The van der Waals surface area contributed by atoms with Crippen LogP contribution in [-0.2, 0) is 9.84 Å². The standard InChI is InChI=1S/C16H23N5O2S/c1-12-3-7-20(8-4-12)16-18-5-2-15(19-16)21-9-6-17-13-10-24(22,23)11-14(13)21/h2-3,5,13-14,17H,4,6-11H2,1H3/t13-,14+/m1/s1. The molecule has 2 saturated heterocycles. The van der Waals surface area contributed by atoms with Gasteiger partial charge in [-0.25, -0.2) is 13.4 Å². The number of rotatable bonds is 2. The number of nitrogens with zero attached hydrogens (tertiary/aromatic N) is 4. The Balaban J connectivity index is 1.59. The number of piperazine rings is 1. The molecule has 3 aliphatic heterocycles. The maximum Gasteiger partial charge on any atom is 0.227 e. The normalized spacial score (nSPS) is 29.3. The van der Waals surface area contributed by atoms with E-state index in [9.17, 15) is 8.42 Å². The number of sulfone groups is 1. The largest absolute Gasteiger partial charge is 0.350 e. The van der Waals surface area contributed by atoms with Crippen LogP contribution in [0.2, 0.25) is 0 Å². The number of hydrogen-bond acceptors (Lipinski definition) is 7. The highest BCUT2D eigenvalue weighted by Crippen LogP contribution is 2.27. The van der Waals surface area contributed by atoms with E-state index in [2.05, 4.69) is 33.1 Å². The molecule has 1 N–H and O–H groups in total. The molecule has 0 aromatic carbocycles. The molecule has 0 saturated carbocycles. The zero-order chi connectivity index (χ0) is 16.7. The monoisotopic (exact) mass is 349 g/mol. The van der Waals surface area contributed by atoms with E-state index in [1.165, 1.54) is 5.57 Å². The number of hydrogen-bond donors (Lipinski definition) is 1. The molecule has 1 aromatic rings. The molecule has 1 aromatic heterocycles. The topological polar surface area (TPSA) is 78.4 Å². The molecule has 130 valence electrons. The molecule has 8 heteroatoms. The van der Waals surface area contributed by atoms with Crippen LogP contribution in [0, 0.1) is 0 Å². The molecule has 7 nitrogen and oxygen atoms in total. The summed E-state index contributed by atoms with van der Waals surface area (Å²) >= 11 is 0. The Kier molecular flexibility index (Phi) is 3.96. The molecule has 0 aliphatic carbocycles. The van der Waals surface area contributed by atoms with Gasteiger partial charge >= 0.3 is 0 Å². The molecule has 0 spiro atoms. The molecular formula is C16H23N5O2S. The average molecular weight is 349 g/mol. The minimum atomic E-state index is -2.97. The fourth-order valence-corrected chi connectivity index (χ4v) is 5.71. The van der Waals surface area contributed by atoms with Crippen molar-refractivity contribution in [3.63, 3.8) is 0 Å². The van der Waals surface area contributed by atoms with Crippen molar-refractivity contribution < 1.29 is 8.42 Å². The molecule has 4 heterocycles. The van der Waals surface area contributed by atoms with Crippen LogP contribution in [0.1, 0.15) is 13.3 Å². The fourth-order valence-electron chi connectivity index (χ4n) is 3.76. The van der Waals surface area contributed by atoms with Crippen LogP contribution in [-0.4, -0.2) is 68.2 Å². The van der Waals surface area contributed by atoms with Gasteiger partial charge in [0, 0.05) is 38.4 Å². The van der Waals surface area contributed by atoms with Crippen LogP contribution < -0.4 is 15.1 Å². The molecule has 24 heavy (non-hydrogen) atoms. The first-order valence-corrected chi connectivity index (χ1v) is 10.3. The smallest absolute Gasteiger partial charge is 0.227 e. The summed E-state index contributed by atoms with van der Waals surface area (Å²) in [5.74, 6) is 1.99. The van der Waals surface area contributed by atoms with E-state index in [1.807, 2.05) is 6.07 Å². The van der Waals surface area contributed by atoms with Crippen LogP contribution >= 0.6 is 0 Å². The van der Waals surface area contributed by atoms with Crippen molar-refractivity contribution in [1.82, 2.24) is 15.3 Å². The molecule has 2 fully saturated rings. The van der Waals surface area contributed by atoms with Gasteiger partial charge in [-0.15, -0.1) is 0 Å². The maximum atomic E-state index is 12.0. The first-order valence-electron chi connectivity index (χ1n) is 8.46. The van der Waals surface area contributed by atoms with Crippen LogP contribution in [0.25, 0.3) is 0 Å². The fraction of sp³-hybridized carbons (Fsp3) is 0.625. The summed E-state index contributed by atoms with van der Waals surface area (Å²) in [6.07, 6.45) is 5.03. The third-order valence-corrected chi connectivity index (χ3v) is 6.84. The summed E-state index contributed by atoms with van der Waals surface area (Å²) in [6.45, 7) is 5.45. The van der Waals surface area contributed by atoms with E-state index in [-0.39, 0.29) is 23.6 Å². The van der Waals surface area contributed by atoms with Gasteiger partial charge in [-0.3, -0.25) is 0 Å². The Morgan fingerprint density at radius 1 is 1.29 bits per heavy atom. The van der Waals surface area contributed by atoms with Gasteiger partial charge in [-0.2, -0.15) is 4.98 Å². The highest BCUT2D eigenvalue weighted by molar-refractivity contribution is 7.91. The van der Waals surface area contributed by atoms with E-state index in [4.69, 9.17) is 4.98 Å². The van der Waals surface area contributed by atoms with Crippen LogP contribution in [0.5, 0.6) is 0 Å². The first kappa shape index (κ1) is 15.8. The van der Waals surface area contributed by atoms with Gasteiger partial charge in [0.2, 0.25) is 5.95 Å². The van der Waals surface area contributed by atoms with Gasteiger partial charge in [0.15, 0.2) is 9.84 Å². The second-order valence-electron chi connectivity index (χ2n) is 6.86. The molecule has 2 atom stereocenters. The van der Waals surface area contributed by atoms with Gasteiger partial charge < -0.3 is 15.1 Å². The maximum absolute atomic E-state index is 12.0. The van der Waals surface area contributed by atoms with Gasteiger partial charge in [-0.1, -0.05) is 11.6 Å². The predicted octanol–water partition coefficient (Wildman–Crippen LogP) is 0.208.